The number of nitrogens with one attached hydrogen (secondary N) is 1. The third kappa shape index (κ3) is 3.83. The molecule has 1 atom stereocenters. The van der Waals surface area contributed by atoms with Crippen molar-refractivity contribution < 1.29 is 12.8 Å². The Morgan fingerprint density at radius 3 is 2.71 bits per heavy atom. The lowest BCUT2D eigenvalue weighted by molar-refractivity contribution is 0.322. The molecule has 0 bridgehead atoms. The first-order valence-corrected chi connectivity index (χ1v) is 9.26. The van der Waals surface area contributed by atoms with Crippen LogP contribution in [0.5, 0.6) is 0 Å². The van der Waals surface area contributed by atoms with Crippen LogP contribution in [0.1, 0.15) is 26.7 Å². The number of hydrogen-bond donors (Lipinski definition) is 1. The predicted molar refractivity (Wildman–Crippen MR) is 84.2 cm³/mol. The van der Waals surface area contributed by atoms with Crippen LogP contribution in [0.3, 0.4) is 0 Å². The minimum absolute atomic E-state index is 0.00473. The Kier molecular flexibility index (Phi) is 5.40. The van der Waals surface area contributed by atoms with Crippen LogP contribution in [0.15, 0.2) is 27.6 Å². The SMILES string of the molecule is CC(C)N(CC1CCCN1)S(=O)(=O)c1ccc(Br)c(F)c1. The molecule has 1 aliphatic heterocycles. The van der Waals surface area contributed by atoms with E-state index in [0.717, 1.165) is 25.5 Å². The van der Waals surface area contributed by atoms with Crippen molar-refractivity contribution in [2.24, 2.45) is 0 Å². The van der Waals surface area contributed by atoms with E-state index in [0.29, 0.717) is 6.54 Å². The van der Waals surface area contributed by atoms with E-state index in [9.17, 15) is 12.8 Å². The van der Waals surface area contributed by atoms with Crippen molar-refractivity contribution in [3.8, 4) is 0 Å². The van der Waals surface area contributed by atoms with Gasteiger partial charge in [-0.15, -0.1) is 0 Å². The van der Waals surface area contributed by atoms with Crippen LogP contribution in [0.25, 0.3) is 0 Å². The van der Waals surface area contributed by atoms with E-state index in [2.05, 4.69) is 21.2 Å². The average molecular weight is 379 g/mol. The number of benzene rings is 1. The molecule has 1 unspecified atom stereocenters. The summed E-state index contributed by atoms with van der Waals surface area (Å²) >= 11 is 3.04. The first-order valence-electron chi connectivity index (χ1n) is 7.02. The molecule has 0 aromatic heterocycles. The molecule has 0 radical (unpaired) electrons. The minimum Gasteiger partial charge on any atom is -0.313 e. The van der Waals surface area contributed by atoms with Gasteiger partial charge in [0.25, 0.3) is 0 Å². The standard InChI is InChI=1S/C14H20BrFN2O2S/c1-10(2)18(9-11-4-3-7-17-11)21(19,20)12-5-6-13(15)14(16)8-12/h5-6,8,10-11,17H,3-4,7,9H2,1-2H3. The Morgan fingerprint density at radius 1 is 1.48 bits per heavy atom. The molecule has 1 saturated heterocycles. The number of sulfonamides is 1. The average Bonchev–Trinajstić information content (AvgIpc) is 2.91. The van der Waals surface area contributed by atoms with Gasteiger partial charge in [-0.2, -0.15) is 4.31 Å². The summed E-state index contributed by atoms with van der Waals surface area (Å²) < 4.78 is 40.8. The molecular weight excluding hydrogens is 359 g/mol. The summed E-state index contributed by atoms with van der Waals surface area (Å²) in [7, 11) is -3.69. The van der Waals surface area contributed by atoms with Crippen molar-refractivity contribution >= 4 is 26.0 Å². The van der Waals surface area contributed by atoms with E-state index < -0.39 is 15.8 Å². The molecule has 1 aromatic carbocycles. The predicted octanol–water partition coefficient (Wildman–Crippen LogP) is 2.74. The topological polar surface area (TPSA) is 49.4 Å². The fourth-order valence-corrected chi connectivity index (χ4v) is 4.43. The molecule has 21 heavy (non-hydrogen) atoms. The smallest absolute Gasteiger partial charge is 0.243 e. The third-order valence-electron chi connectivity index (χ3n) is 3.64. The van der Waals surface area contributed by atoms with Crippen molar-refractivity contribution in [2.45, 2.75) is 43.7 Å². The summed E-state index contributed by atoms with van der Waals surface area (Å²) in [6, 6.07) is 3.91. The third-order valence-corrected chi connectivity index (χ3v) is 6.32. The highest BCUT2D eigenvalue weighted by atomic mass is 79.9. The zero-order chi connectivity index (χ0) is 15.6. The summed E-state index contributed by atoms with van der Waals surface area (Å²) in [4.78, 5) is -0.00473. The van der Waals surface area contributed by atoms with Gasteiger partial charge < -0.3 is 5.32 Å². The van der Waals surface area contributed by atoms with Crippen LogP contribution in [0.4, 0.5) is 4.39 Å². The fraction of sp³-hybridized carbons (Fsp3) is 0.571. The Morgan fingerprint density at radius 2 is 2.19 bits per heavy atom. The van der Waals surface area contributed by atoms with Crippen molar-refractivity contribution in [3.63, 3.8) is 0 Å². The summed E-state index contributed by atoms with van der Waals surface area (Å²) in [6.07, 6.45) is 2.02. The van der Waals surface area contributed by atoms with Crippen molar-refractivity contribution in [1.29, 1.82) is 0 Å². The maximum atomic E-state index is 13.6. The lowest BCUT2D eigenvalue weighted by atomic mass is 10.2. The van der Waals surface area contributed by atoms with Gasteiger partial charge >= 0.3 is 0 Å². The molecule has 0 amide bonds. The summed E-state index contributed by atoms with van der Waals surface area (Å²) in [6.45, 7) is 5.00. The van der Waals surface area contributed by atoms with E-state index >= 15 is 0 Å². The highest BCUT2D eigenvalue weighted by Gasteiger charge is 2.30. The van der Waals surface area contributed by atoms with Crippen molar-refractivity contribution in [3.05, 3.63) is 28.5 Å². The zero-order valence-corrected chi connectivity index (χ0v) is 14.5. The maximum absolute atomic E-state index is 13.6. The van der Waals surface area contributed by atoms with E-state index in [1.54, 1.807) is 0 Å². The van der Waals surface area contributed by atoms with Gasteiger partial charge in [-0.25, -0.2) is 12.8 Å². The molecule has 0 saturated carbocycles. The molecule has 1 N–H and O–H groups in total. The normalized spacial score (nSPS) is 19.6. The first kappa shape index (κ1) is 16.9. The van der Waals surface area contributed by atoms with Crippen LogP contribution < -0.4 is 5.32 Å². The molecular formula is C14H20BrFN2O2S. The quantitative estimate of drug-likeness (QED) is 0.856. The highest BCUT2D eigenvalue weighted by molar-refractivity contribution is 9.10. The van der Waals surface area contributed by atoms with Gasteiger partial charge in [-0.3, -0.25) is 0 Å². The molecule has 1 fully saturated rings. The van der Waals surface area contributed by atoms with E-state index in [1.165, 1.54) is 16.4 Å². The monoisotopic (exact) mass is 378 g/mol. The number of rotatable bonds is 5. The Balaban J connectivity index is 2.30. The minimum atomic E-state index is -3.69. The Bertz CT molecular complexity index is 601. The van der Waals surface area contributed by atoms with E-state index in [-0.39, 0.29) is 21.5 Å². The van der Waals surface area contributed by atoms with E-state index in [4.69, 9.17) is 0 Å². The zero-order valence-electron chi connectivity index (χ0n) is 12.1. The molecule has 1 aliphatic rings. The summed E-state index contributed by atoms with van der Waals surface area (Å²) in [5.41, 5.74) is 0. The lowest BCUT2D eigenvalue weighted by Crippen LogP contribution is -2.44. The molecule has 1 heterocycles. The van der Waals surface area contributed by atoms with Gasteiger partial charge in [-0.05, 0) is 67.4 Å². The van der Waals surface area contributed by atoms with Gasteiger partial charge in [0.15, 0.2) is 0 Å². The second-order valence-corrected chi connectivity index (χ2v) is 8.28. The number of halogens is 2. The molecule has 1 aromatic rings. The molecule has 118 valence electrons. The Hall–Kier alpha value is -0.500. The molecule has 7 heteroatoms. The van der Waals surface area contributed by atoms with Crippen LogP contribution in [0, 0.1) is 5.82 Å². The second-order valence-electron chi connectivity index (χ2n) is 5.54. The second kappa shape index (κ2) is 6.73. The maximum Gasteiger partial charge on any atom is 0.243 e. The number of hydrogen-bond acceptors (Lipinski definition) is 3. The summed E-state index contributed by atoms with van der Waals surface area (Å²) in [5.74, 6) is -0.571. The molecule has 0 aliphatic carbocycles. The van der Waals surface area contributed by atoms with Gasteiger partial charge in [0.1, 0.15) is 5.82 Å². The van der Waals surface area contributed by atoms with Gasteiger partial charge in [0, 0.05) is 18.6 Å². The van der Waals surface area contributed by atoms with Crippen molar-refractivity contribution in [2.75, 3.05) is 13.1 Å². The van der Waals surface area contributed by atoms with E-state index in [1.807, 2.05) is 13.8 Å². The highest BCUT2D eigenvalue weighted by Crippen LogP contribution is 2.24. The van der Waals surface area contributed by atoms with Gasteiger partial charge in [0.05, 0.1) is 9.37 Å². The largest absolute Gasteiger partial charge is 0.313 e. The summed E-state index contributed by atoms with van der Waals surface area (Å²) in [5, 5.41) is 3.30. The van der Waals surface area contributed by atoms with Crippen LogP contribution >= 0.6 is 15.9 Å². The van der Waals surface area contributed by atoms with Crippen LogP contribution in [-0.2, 0) is 10.0 Å². The first-order chi connectivity index (χ1) is 9.82. The molecule has 2 rings (SSSR count). The Labute approximate surface area is 133 Å². The fourth-order valence-electron chi connectivity index (χ4n) is 2.49. The van der Waals surface area contributed by atoms with Crippen LogP contribution in [0.2, 0.25) is 0 Å². The van der Waals surface area contributed by atoms with Gasteiger partial charge in [0.2, 0.25) is 10.0 Å². The molecule has 4 nitrogen and oxygen atoms in total. The van der Waals surface area contributed by atoms with Gasteiger partial charge in [-0.1, -0.05) is 0 Å². The molecule has 0 spiro atoms. The van der Waals surface area contributed by atoms with Crippen LogP contribution in [-0.4, -0.2) is 37.9 Å². The lowest BCUT2D eigenvalue weighted by Gasteiger charge is -2.28. The van der Waals surface area contributed by atoms with Crippen molar-refractivity contribution in [1.82, 2.24) is 9.62 Å². The number of nitrogens with zero attached hydrogens (tertiary/aromatic N) is 1.